The Kier molecular flexibility index (Phi) is 18.5. The number of H-pyrrole nitrogens is 1. The van der Waals surface area contributed by atoms with Gasteiger partial charge in [-0.2, -0.15) is 0 Å². The smallest absolute Gasteiger partial charge is 0.415 e. The molecule has 4 heterocycles. The van der Waals surface area contributed by atoms with Crippen molar-refractivity contribution in [1.82, 2.24) is 25.4 Å². The number of non-ortho nitro benzene ring substituents is 1. The van der Waals surface area contributed by atoms with E-state index in [9.17, 15) is 38.9 Å². The number of hydrogen-bond acceptors (Lipinski definition) is 15. The van der Waals surface area contributed by atoms with E-state index in [1.807, 2.05) is 27.7 Å². The molecule has 20 nitrogen and oxygen atoms in total. The summed E-state index contributed by atoms with van der Waals surface area (Å²) in [5.41, 5.74) is 3.98. The van der Waals surface area contributed by atoms with E-state index in [2.05, 4.69) is 15.6 Å². The van der Waals surface area contributed by atoms with Gasteiger partial charge < -0.3 is 48.8 Å². The molecule has 0 aliphatic carbocycles. The summed E-state index contributed by atoms with van der Waals surface area (Å²) in [5, 5.41) is 18.1. The summed E-state index contributed by atoms with van der Waals surface area (Å²) in [6.45, 7) is 11.0. The molecule has 0 unspecified atom stereocenters. The minimum Gasteiger partial charge on any atom is -0.451 e. The van der Waals surface area contributed by atoms with Gasteiger partial charge in [-0.25, -0.2) is 4.79 Å². The maximum Gasteiger partial charge on any atom is 0.415 e. The number of nitro benzene ring substituents is 1. The van der Waals surface area contributed by atoms with E-state index in [4.69, 9.17) is 35.0 Å². The number of aromatic nitrogens is 1. The number of nitro groups is 1. The highest BCUT2D eigenvalue weighted by atomic mass is 35.5. The van der Waals surface area contributed by atoms with Crippen LogP contribution in [0.5, 0.6) is 5.75 Å². The minimum absolute atomic E-state index is 0.00117. The van der Waals surface area contributed by atoms with Gasteiger partial charge in [-0.3, -0.25) is 39.0 Å². The average Bonchev–Trinajstić information content (AvgIpc) is 4.07. The number of benzene rings is 2. The second kappa shape index (κ2) is 24.3. The third-order valence-electron chi connectivity index (χ3n) is 11.2. The largest absolute Gasteiger partial charge is 0.451 e. The SMILES string of the molecule is Cc1[nH]c2c(OC(=O)N(C)CCSSC(C)(C)CC(=O)NCCOCCOCCOCCNC(=O)CCN3C(=O)C=CC3=O)cc3c(c2c1C)[C@H](CCl)CN3C(=O)c1cc2cc([N+](=O)[O-])ccc2o1. The number of aromatic amines is 1. The van der Waals surface area contributed by atoms with Gasteiger partial charge in [0.1, 0.15) is 5.58 Å². The molecule has 1 atom stereocenters. The zero-order valence-corrected chi connectivity index (χ0v) is 41.4. The number of fused-ring (bicyclic) bond motifs is 4. The highest BCUT2D eigenvalue weighted by Gasteiger charge is 2.38. The van der Waals surface area contributed by atoms with Crippen molar-refractivity contribution in [2.75, 3.05) is 95.9 Å². The molecular weight excluding hydrogens is 958 g/mol. The second-order valence-electron chi connectivity index (χ2n) is 16.9. The van der Waals surface area contributed by atoms with Crippen LogP contribution in [-0.4, -0.2) is 151 Å². The Labute approximate surface area is 411 Å². The number of ether oxygens (including phenoxy) is 4. The first-order valence-corrected chi connectivity index (χ1v) is 25.1. The van der Waals surface area contributed by atoms with Gasteiger partial charge in [0.25, 0.3) is 23.4 Å². The standard InChI is InChI=1S/C46H56ClN7O13S2/c1-28-29(2)50-43-35(24-33-42(41(28)43)31(26-47)27-53(33)44(59)36-23-30-22-32(54(61)62)6-7-34(30)66-36)67-45(60)51(5)14-21-68-69-46(3,4)25-38(56)49-12-16-64-18-20-65-19-17-63-15-11-48-37(55)10-13-52-39(57)8-9-40(52)58/h6-9,22-24,31,50H,10-21,25-27H2,1-5H3,(H,48,55)(H,49,56)/t31-/m1/s1. The number of nitrogens with one attached hydrogen (secondary N) is 3. The zero-order chi connectivity index (χ0) is 49.8. The molecule has 0 fully saturated rings. The topological polar surface area (TPSA) is 245 Å². The predicted octanol–water partition coefficient (Wildman–Crippen LogP) is 6.00. The van der Waals surface area contributed by atoms with Crippen molar-refractivity contribution < 1.29 is 57.1 Å². The van der Waals surface area contributed by atoms with Gasteiger partial charge in [0, 0.05) is 122 Å². The van der Waals surface area contributed by atoms with Gasteiger partial charge in [0.15, 0.2) is 11.5 Å². The number of alkyl halides is 1. The van der Waals surface area contributed by atoms with Crippen molar-refractivity contribution in [1.29, 1.82) is 0 Å². The molecule has 0 spiro atoms. The summed E-state index contributed by atoms with van der Waals surface area (Å²) >= 11 is 6.50. The van der Waals surface area contributed by atoms with Crippen LogP contribution in [0.15, 0.2) is 46.9 Å². The molecule has 3 N–H and O–H groups in total. The average molecular weight is 1010 g/mol. The number of amides is 6. The molecule has 0 radical (unpaired) electrons. The van der Waals surface area contributed by atoms with E-state index < -0.39 is 33.5 Å². The summed E-state index contributed by atoms with van der Waals surface area (Å²) in [7, 11) is 4.72. The van der Waals surface area contributed by atoms with E-state index in [-0.39, 0.29) is 79.9 Å². The Morgan fingerprint density at radius 1 is 0.971 bits per heavy atom. The molecule has 23 heteroatoms. The third-order valence-corrected chi connectivity index (χ3v) is 14.9. The molecule has 2 aliphatic rings. The van der Waals surface area contributed by atoms with Gasteiger partial charge >= 0.3 is 6.09 Å². The minimum atomic E-state index is -0.600. The lowest BCUT2D eigenvalue weighted by molar-refractivity contribution is -0.384. The van der Waals surface area contributed by atoms with Gasteiger partial charge in [-0.05, 0) is 51.0 Å². The van der Waals surface area contributed by atoms with E-state index in [0.717, 1.165) is 27.1 Å². The number of rotatable bonds is 26. The van der Waals surface area contributed by atoms with Crippen LogP contribution in [0.2, 0.25) is 0 Å². The number of halogens is 1. The normalized spacial score (nSPS) is 14.6. The van der Waals surface area contributed by atoms with Crippen molar-refractivity contribution >= 4 is 102 Å². The van der Waals surface area contributed by atoms with Crippen LogP contribution in [0.1, 0.15) is 60.0 Å². The van der Waals surface area contributed by atoms with Gasteiger partial charge in [-0.15, -0.1) is 11.6 Å². The van der Waals surface area contributed by atoms with Gasteiger partial charge in [-0.1, -0.05) is 21.6 Å². The number of anilines is 1. The predicted molar refractivity (Wildman–Crippen MR) is 262 cm³/mol. The maximum atomic E-state index is 14.1. The Hall–Kier alpha value is -5.65. The fourth-order valence-corrected chi connectivity index (χ4v) is 10.4. The highest BCUT2D eigenvalue weighted by molar-refractivity contribution is 8.77. The van der Waals surface area contributed by atoms with Crippen molar-refractivity contribution in [3.63, 3.8) is 0 Å². The van der Waals surface area contributed by atoms with E-state index in [1.165, 1.54) is 52.1 Å². The van der Waals surface area contributed by atoms with Crippen LogP contribution in [0.25, 0.3) is 21.9 Å². The number of furan rings is 1. The molecule has 4 aromatic rings. The molecule has 0 saturated heterocycles. The highest BCUT2D eigenvalue weighted by Crippen LogP contribution is 2.48. The first kappa shape index (κ1) is 52.7. The number of carbonyl (C=O) groups is 6. The summed E-state index contributed by atoms with van der Waals surface area (Å²) in [6.07, 6.45) is 2.04. The third kappa shape index (κ3) is 13.8. The molecule has 2 aliphatic heterocycles. The lowest BCUT2D eigenvalue weighted by Gasteiger charge is -2.23. The quantitative estimate of drug-likeness (QED) is 0.0163. The maximum absolute atomic E-state index is 14.1. The van der Waals surface area contributed by atoms with Crippen molar-refractivity contribution in [3.8, 4) is 5.75 Å². The number of imide groups is 1. The lowest BCUT2D eigenvalue weighted by Crippen LogP contribution is -2.35. The first-order chi connectivity index (χ1) is 33.0. The molecule has 69 heavy (non-hydrogen) atoms. The van der Waals surface area contributed by atoms with Crippen molar-refractivity contribution in [2.45, 2.75) is 51.2 Å². The number of hydrogen-bond donors (Lipinski definition) is 3. The van der Waals surface area contributed by atoms with E-state index in [0.29, 0.717) is 74.1 Å². The van der Waals surface area contributed by atoms with Gasteiger partial charge in [0.2, 0.25) is 11.8 Å². The van der Waals surface area contributed by atoms with E-state index in [1.54, 1.807) is 28.8 Å². The Morgan fingerprint density at radius 3 is 2.28 bits per heavy atom. The monoisotopic (exact) mass is 1010 g/mol. The van der Waals surface area contributed by atoms with Crippen LogP contribution >= 0.6 is 33.2 Å². The Bertz CT molecular complexity index is 2580. The van der Waals surface area contributed by atoms with Crippen LogP contribution < -0.4 is 20.3 Å². The molecule has 6 rings (SSSR count). The van der Waals surface area contributed by atoms with Crippen LogP contribution in [0, 0.1) is 24.0 Å². The van der Waals surface area contributed by atoms with Crippen LogP contribution in [0.3, 0.4) is 0 Å². The Balaban J connectivity index is 0.868. The summed E-state index contributed by atoms with van der Waals surface area (Å²) in [5.74, 6) is -0.935. The Morgan fingerprint density at radius 2 is 1.62 bits per heavy atom. The first-order valence-electron chi connectivity index (χ1n) is 22.2. The number of carbonyl (C=O) groups excluding carboxylic acids is 6. The summed E-state index contributed by atoms with van der Waals surface area (Å²) in [4.78, 5) is 93.5. The van der Waals surface area contributed by atoms with E-state index >= 15 is 0 Å². The molecular formula is C46H56ClN7O13S2. The molecule has 0 saturated carbocycles. The fourth-order valence-electron chi connectivity index (χ4n) is 7.61. The molecule has 372 valence electrons. The van der Waals surface area contributed by atoms with Crippen LogP contribution in [-0.2, 0) is 33.4 Å². The molecule has 2 aromatic heterocycles. The fraction of sp³-hybridized carbons (Fsp3) is 0.478. The molecule has 6 amide bonds. The lowest BCUT2D eigenvalue weighted by atomic mass is 9.96. The molecule has 2 aromatic carbocycles. The zero-order valence-electron chi connectivity index (χ0n) is 39.0. The van der Waals surface area contributed by atoms with Crippen LogP contribution in [0.4, 0.5) is 16.2 Å². The summed E-state index contributed by atoms with van der Waals surface area (Å²) < 4.78 is 27.9. The second-order valence-corrected chi connectivity index (χ2v) is 20.3. The van der Waals surface area contributed by atoms with Gasteiger partial charge in [0.05, 0.1) is 55.8 Å². The van der Waals surface area contributed by atoms with Crippen molar-refractivity contribution in [2.24, 2.45) is 0 Å². The number of nitrogens with zero attached hydrogens (tertiary/aromatic N) is 4. The van der Waals surface area contributed by atoms with Crippen molar-refractivity contribution in [3.05, 3.63) is 75.2 Å². The summed E-state index contributed by atoms with van der Waals surface area (Å²) in [6, 6.07) is 7.27. The number of aryl methyl sites for hydroxylation is 2. The molecule has 0 bridgehead atoms.